The fourth-order valence-electron chi connectivity index (χ4n) is 3.08. The number of primary amides is 1. The first-order valence-electron chi connectivity index (χ1n) is 7.50. The summed E-state index contributed by atoms with van der Waals surface area (Å²) < 4.78 is 40.8. The molecule has 1 heterocycles. The van der Waals surface area contributed by atoms with Gasteiger partial charge in [-0.05, 0) is 55.2 Å². The van der Waals surface area contributed by atoms with Crippen molar-refractivity contribution in [3.05, 3.63) is 59.4 Å². The molecule has 0 saturated carbocycles. The van der Waals surface area contributed by atoms with E-state index in [1.165, 1.54) is 13.0 Å². The molecule has 3 rings (SSSR count). The fourth-order valence-corrected chi connectivity index (χ4v) is 4.98. The minimum atomic E-state index is -4.05. The van der Waals surface area contributed by atoms with Crippen molar-refractivity contribution in [2.24, 2.45) is 5.73 Å². The highest BCUT2D eigenvalue weighted by Gasteiger charge is 2.39. The molecule has 1 aliphatic rings. The Bertz CT molecular complexity index is 912. The van der Waals surface area contributed by atoms with Gasteiger partial charge in [-0.1, -0.05) is 18.2 Å². The first-order chi connectivity index (χ1) is 11.3. The van der Waals surface area contributed by atoms with Crippen molar-refractivity contribution in [3.63, 3.8) is 0 Å². The second-order valence-electron chi connectivity index (χ2n) is 5.80. The number of hydrogen-bond acceptors (Lipinski definition) is 3. The van der Waals surface area contributed by atoms with Crippen LogP contribution in [0.1, 0.15) is 17.5 Å². The molecule has 2 aromatic carbocycles. The van der Waals surface area contributed by atoms with Gasteiger partial charge in [-0.3, -0.25) is 9.10 Å². The molecule has 24 heavy (non-hydrogen) atoms. The van der Waals surface area contributed by atoms with E-state index in [1.807, 2.05) is 12.1 Å². The average Bonchev–Trinajstić information content (AvgIpc) is 2.53. The Kier molecular flexibility index (Phi) is 4.04. The van der Waals surface area contributed by atoms with Crippen molar-refractivity contribution >= 4 is 21.6 Å². The Morgan fingerprint density at radius 3 is 2.62 bits per heavy atom. The third-order valence-electron chi connectivity index (χ3n) is 4.20. The molecule has 0 unspecified atom stereocenters. The summed E-state index contributed by atoms with van der Waals surface area (Å²) in [6.07, 6.45) is 0.879. The highest BCUT2D eigenvalue weighted by molar-refractivity contribution is 7.93. The van der Waals surface area contributed by atoms with Crippen LogP contribution in [0.2, 0.25) is 0 Å². The van der Waals surface area contributed by atoms with E-state index < -0.39 is 27.8 Å². The summed E-state index contributed by atoms with van der Waals surface area (Å²) in [4.78, 5) is 11.8. The second kappa shape index (κ2) is 5.90. The lowest BCUT2D eigenvalue weighted by Gasteiger charge is -2.36. The molecule has 1 atom stereocenters. The summed E-state index contributed by atoms with van der Waals surface area (Å²) in [5, 5.41) is 0. The van der Waals surface area contributed by atoms with Crippen molar-refractivity contribution in [1.82, 2.24) is 0 Å². The highest BCUT2D eigenvalue weighted by Crippen LogP contribution is 2.36. The Labute approximate surface area is 139 Å². The van der Waals surface area contributed by atoms with Crippen LogP contribution in [0.3, 0.4) is 0 Å². The molecular weight excluding hydrogens is 331 g/mol. The zero-order valence-electron chi connectivity index (χ0n) is 13.1. The van der Waals surface area contributed by atoms with Crippen molar-refractivity contribution in [1.29, 1.82) is 0 Å². The number of benzene rings is 2. The summed E-state index contributed by atoms with van der Waals surface area (Å²) in [6.45, 7) is 1.52. The topological polar surface area (TPSA) is 80.5 Å². The van der Waals surface area contributed by atoms with Crippen LogP contribution in [0.15, 0.2) is 47.4 Å². The monoisotopic (exact) mass is 348 g/mol. The van der Waals surface area contributed by atoms with Crippen LogP contribution in [0.4, 0.5) is 10.1 Å². The molecule has 0 fully saturated rings. The number of hydrogen-bond donors (Lipinski definition) is 1. The number of halogens is 1. The Morgan fingerprint density at radius 1 is 1.25 bits per heavy atom. The number of rotatable bonds is 3. The largest absolute Gasteiger partial charge is 0.368 e. The number of carbonyl (C=O) groups excluding carboxylic acids is 1. The molecule has 0 bridgehead atoms. The Morgan fingerprint density at radius 2 is 1.96 bits per heavy atom. The molecule has 7 heteroatoms. The van der Waals surface area contributed by atoms with E-state index in [-0.39, 0.29) is 10.5 Å². The number of aryl methyl sites for hydroxylation is 2. The van der Waals surface area contributed by atoms with Crippen LogP contribution >= 0.6 is 0 Å². The number of amides is 1. The van der Waals surface area contributed by atoms with Crippen LogP contribution in [-0.2, 0) is 21.2 Å². The molecule has 2 aromatic rings. The lowest BCUT2D eigenvalue weighted by Crippen LogP contribution is -2.50. The van der Waals surface area contributed by atoms with Crippen molar-refractivity contribution in [3.8, 4) is 0 Å². The lowest BCUT2D eigenvalue weighted by molar-refractivity contribution is -0.119. The Balaban J connectivity index is 2.21. The van der Waals surface area contributed by atoms with E-state index in [4.69, 9.17) is 5.73 Å². The van der Waals surface area contributed by atoms with Gasteiger partial charge in [-0.25, -0.2) is 12.8 Å². The van der Waals surface area contributed by atoms with Gasteiger partial charge < -0.3 is 5.73 Å². The van der Waals surface area contributed by atoms with Gasteiger partial charge in [-0.2, -0.15) is 0 Å². The first-order valence-corrected chi connectivity index (χ1v) is 8.94. The van der Waals surface area contributed by atoms with Gasteiger partial charge in [0.25, 0.3) is 10.0 Å². The van der Waals surface area contributed by atoms with Crippen LogP contribution in [0.5, 0.6) is 0 Å². The number of fused-ring (bicyclic) bond motifs is 1. The normalized spacial score (nSPS) is 17.4. The maximum absolute atomic E-state index is 13.3. The zero-order valence-corrected chi connectivity index (χ0v) is 13.9. The first kappa shape index (κ1) is 16.4. The number of para-hydroxylation sites is 1. The maximum atomic E-state index is 13.3. The minimum Gasteiger partial charge on any atom is -0.368 e. The quantitative estimate of drug-likeness (QED) is 0.923. The molecule has 0 aromatic heterocycles. The highest BCUT2D eigenvalue weighted by atomic mass is 32.2. The number of nitrogens with zero attached hydrogens (tertiary/aromatic N) is 1. The van der Waals surface area contributed by atoms with Crippen LogP contribution < -0.4 is 10.0 Å². The lowest BCUT2D eigenvalue weighted by atomic mass is 9.98. The average molecular weight is 348 g/mol. The standard InChI is InChI=1S/C17H17FN2O3S/c1-11-10-13(18)7-9-16(11)24(22,23)20-14-5-3-2-4-12(14)6-8-15(20)17(19)21/h2-5,7,9-10,15H,6,8H2,1H3,(H2,19,21)/t15-/m0/s1. The Hall–Kier alpha value is -2.41. The van der Waals surface area contributed by atoms with E-state index in [0.29, 0.717) is 18.5 Å². The molecule has 2 N–H and O–H groups in total. The van der Waals surface area contributed by atoms with Crippen LogP contribution in [0.25, 0.3) is 0 Å². The van der Waals surface area contributed by atoms with Crippen LogP contribution in [-0.4, -0.2) is 20.4 Å². The second-order valence-corrected chi connectivity index (χ2v) is 7.58. The summed E-state index contributed by atoms with van der Waals surface area (Å²) in [5.74, 6) is -1.22. The van der Waals surface area contributed by atoms with E-state index in [0.717, 1.165) is 22.0 Å². The van der Waals surface area contributed by atoms with Crippen molar-refractivity contribution in [2.45, 2.75) is 30.7 Å². The molecule has 1 aliphatic heterocycles. The molecular formula is C17H17FN2O3S. The molecule has 0 spiro atoms. The molecule has 0 radical (unpaired) electrons. The predicted molar refractivity (Wildman–Crippen MR) is 88.5 cm³/mol. The van der Waals surface area contributed by atoms with Gasteiger partial charge in [0.15, 0.2) is 0 Å². The van der Waals surface area contributed by atoms with Gasteiger partial charge >= 0.3 is 0 Å². The molecule has 126 valence electrons. The zero-order chi connectivity index (χ0) is 17.5. The minimum absolute atomic E-state index is 0.0353. The summed E-state index contributed by atoms with van der Waals surface area (Å²) >= 11 is 0. The van der Waals surface area contributed by atoms with Crippen molar-refractivity contribution in [2.75, 3.05) is 4.31 Å². The molecule has 1 amide bonds. The van der Waals surface area contributed by atoms with Gasteiger partial charge in [0, 0.05) is 0 Å². The van der Waals surface area contributed by atoms with E-state index >= 15 is 0 Å². The van der Waals surface area contributed by atoms with Gasteiger partial charge in [0.1, 0.15) is 11.9 Å². The number of sulfonamides is 1. The summed E-state index contributed by atoms with van der Waals surface area (Å²) in [6, 6.07) is 9.51. The predicted octanol–water partition coefficient (Wildman–Crippen LogP) is 2.13. The van der Waals surface area contributed by atoms with E-state index in [2.05, 4.69) is 0 Å². The molecule has 0 saturated heterocycles. The van der Waals surface area contributed by atoms with E-state index in [1.54, 1.807) is 12.1 Å². The van der Waals surface area contributed by atoms with Crippen LogP contribution in [0, 0.1) is 12.7 Å². The SMILES string of the molecule is Cc1cc(F)ccc1S(=O)(=O)N1c2ccccc2CC[C@H]1C(N)=O. The van der Waals surface area contributed by atoms with Gasteiger partial charge in [0.2, 0.25) is 5.91 Å². The molecule has 5 nitrogen and oxygen atoms in total. The third-order valence-corrected chi connectivity index (χ3v) is 6.18. The third kappa shape index (κ3) is 2.65. The number of nitrogens with two attached hydrogens (primary N) is 1. The van der Waals surface area contributed by atoms with Gasteiger partial charge in [-0.15, -0.1) is 0 Å². The summed E-state index contributed by atoms with van der Waals surface area (Å²) in [7, 11) is -4.05. The maximum Gasteiger partial charge on any atom is 0.265 e. The fraction of sp³-hybridized carbons (Fsp3) is 0.235. The molecule has 0 aliphatic carbocycles. The number of anilines is 1. The smallest absolute Gasteiger partial charge is 0.265 e. The van der Waals surface area contributed by atoms with Crippen molar-refractivity contribution < 1.29 is 17.6 Å². The van der Waals surface area contributed by atoms with E-state index in [9.17, 15) is 17.6 Å². The number of carbonyl (C=O) groups is 1. The summed E-state index contributed by atoms with van der Waals surface area (Å²) in [5.41, 5.74) is 7.00. The van der Waals surface area contributed by atoms with Gasteiger partial charge in [0.05, 0.1) is 10.6 Å².